The largest absolute Gasteiger partial charge is 0.490 e. The van der Waals surface area contributed by atoms with Gasteiger partial charge in [-0.15, -0.1) is 0 Å². The molecule has 0 spiro atoms. The lowest BCUT2D eigenvalue weighted by atomic mass is 9.89. The van der Waals surface area contributed by atoms with Gasteiger partial charge in [0.25, 0.3) is 5.91 Å². The molecule has 3 rings (SSSR count). The Balaban J connectivity index is 1.62. The molecule has 1 heterocycles. The summed E-state index contributed by atoms with van der Waals surface area (Å²) in [4.78, 5) is 27.9. The van der Waals surface area contributed by atoms with Gasteiger partial charge >= 0.3 is 5.69 Å². The van der Waals surface area contributed by atoms with Crippen molar-refractivity contribution in [1.29, 1.82) is 0 Å². The monoisotopic (exact) mass is 375 g/mol. The van der Waals surface area contributed by atoms with E-state index in [1.807, 2.05) is 4.90 Å². The lowest BCUT2D eigenvalue weighted by Crippen LogP contribution is -2.36. The van der Waals surface area contributed by atoms with E-state index in [-0.39, 0.29) is 17.3 Å². The van der Waals surface area contributed by atoms with E-state index >= 15 is 0 Å². The highest BCUT2D eigenvalue weighted by Crippen LogP contribution is 2.28. The number of rotatable bonds is 5. The summed E-state index contributed by atoms with van der Waals surface area (Å²) in [6.07, 6.45) is 7.66. The van der Waals surface area contributed by atoms with Gasteiger partial charge in [0.05, 0.1) is 12.0 Å². The van der Waals surface area contributed by atoms with Gasteiger partial charge in [-0.1, -0.05) is 19.3 Å². The molecule has 0 atom stereocenters. The number of benzene rings is 1. The first-order valence-corrected chi connectivity index (χ1v) is 9.92. The van der Waals surface area contributed by atoms with Crippen LogP contribution in [-0.4, -0.2) is 60.5 Å². The van der Waals surface area contributed by atoms with Gasteiger partial charge in [-0.3, -0.25) is 14.9 Å². The van der Waals surface area contributed by atoms with Crippen molar-refractivity contribution in [2.24, 2.45) is 5.92 Å². The van der Waals surface area contributed by atoms with E-state index in [1.54, 1.807) is 6.07 Å². The summed E-state index contributed by atoms with van der Waals surface area (Å²) in [6.45, 7) is 4.39. The maximum Gasteiger partial charge on any atom is 0.311 e. The van der Waals surface area contributed by atoms with Crippen molar-refractivity contribution in [3.8, 4) is 5.75 Å². The number of carbonyl (C=O) groups excluding carboxylic acids is 1. The fourth-order valence-corrected chi connectivity index (χ4v) is 4.24. The standard InChI is InChI=1S/C20H29N3O4/c1-27-19-9-8-17(14-18(19)23(25)26)20(24)22-11-5-10-21(12-13-22)15-16-6-3-2-4-7-16/h8-9,14,16H,2-7,10-13,15H2,1H3. The van der Waals surface area contributed by atoms with Crippen molar-refractivity contribution < 1.29 is 14.5 Å². The summed E-state index contributed by atoms with van der Waals surface area (Å²) < 4.78 is 5.02. The number of nitro groups is 1. The van der Waals surface area contributed by atoms with Crippen molar-refractivity contribution in [3.05, 3.63) is 33.9 Å². The van der Waals surface area contributed by atoms with Gasteiger partial charge < -0.3 is 14.5 Å². The van der Waals surface area contributed by atoms with E-state index in [0.717, 1.165) is 32.0 Å². The Labute approximate surface area is 160 Å². The van der Waals surface area contributed by atoms with Gasteiger partial charge in [-0.2, -0.15) is 0 Å². The Morgan fingerprint density at radius 3 is 2.63 bits per heavy atom. The van der Waals surface area contributed by atoms with E-state index in [9.17, 15) is 14.9 Å². The molecule has 148 valence electrons. The van der Waals surface area contributed by atoms with E-state index in [4.69, 9.17) is 4.74 Å². The van der Waals surface area contributed by atoms with Crippen molar-refractivity contribution in [3.63, 3.8) is 0 Å². The van der Waals surface area contributed by atoms with Crippen molar-refractivity contribution in [1.82, 2.24) is 9.80 Å². The Morgan fingerprint density at radius 1 is 1.15 bits per heavy atom. The smallest absolute Gasteiger partial charge is 0.311 e. The van der Waals surface area contributed by atoms with Crippen molar-refractivity contribution in [2.45, 2.75) is 38.5 Å². The number of hydrogen-bond donors (Lipinski definition) is 0. The van der Waals surface area contributed by atoms with Crippen molar-refractivity contribution >= 4 is 11.6 Å². The topological polar surface area (TPSA) is 75.9 Å². The van der Waals surface area contributed by atoms with Crippen LogP contribution < -0.4 is 4.74 Å². The van der Waals surface area contributed by atoms with Crippen LogP contribution in [0.25, 0.3) is 0 Å². The second kappa shape index (κ2) is 9.17. The van der Waals surface area contributed by atoms with Gasteiger partial charge in [0, 0.05) is 37.8 Å². The maximum absolute atomic E-state index is 12.9. The lowest BCUT2D eigenvalue weighted by molar-refractivity contribution is -0.385. The number of amides is 1. The van der Waals surface area contributed by atoms with Crippen LogP contribution in [0.4, 0.5) is 5.69 Å². The Kier molecular flexibility index (Phi) is 6.66. The SMILES string of the molecule is COc1ccc(C(=O)N2CCCN(CC3CCCCC3)CC2)cc1[N+](=O)[O-]. The fraction of sp³-hybridized carbons (Fsp3) is 0.650. The van der Waals surface area contributed by atoms with Crippen LogP contribution in [0.15, 0.2) is 18.2 Å². The van der Waals surface area contributed by atoms with E-state index < -0.39 is 4.92 Å². The first-order valence-electron chi connectivity index (χ1n) is 9.92. The maximum atomic E-state index is 12.9. The molecule has 1 saturated carbocycles. The molecule has 0 N–H and O–H groups in total. The minimum absolute atomic E-state index is 0.139. The zero-order valence-corrected chi connectivity index (χ0v) is 16.1. The Morgan fingerprint density at radius 2 is 1.93 bits per heavy atom. The minimum atomic E-state index is -0.510. The summed E-state index contributed by atoms with van der Waals surface area (Å²) in [5, 5.41) is 11.2. The molecule has 7 nitrogen and oxygen atoms in total. The van der Waals surface area contributed by atoms with Crippen LogP contribution in [0, 0.1) is 16.0 Å². The summed E-state index contributed by atoms with van der Waals surface area (Å²) in [7, 11) is 1.39. The molecule has 0 bridgehead atoms. The highest BCUT2D eigenvalue weighted by Gasteiger charge is 2.25. The predicted octanol–water partition coefficient (Wildman–Crippen LogP) is 3.33. The zero-order chi connectivity index (χ0) is 19.2. The highest BCUT2D eigenvalue weighted by molar-refractivity contribution is 5.95. The number of hydrogen-bond acceptors (Lipinski definition) is 5. The van der Waals surface area contributed by atoms with E-state index in [0.29, 0.717) is 18.7 Å². The summed E-state index contributed by atoms with van der Waals surface area (Å²) >= 11 is 0. The van der Waals surface area contributed by atoms with Crippen LogP contribution in [0.3, 0.4) is 0 Å². The summed E-state index contributed by atoms with van der Waals surface area (Å²) in [5.41, 5.74) is 0.181. The molecule has 1 amide bonds. The summed E-state index contributed by atoms with van der Waals surface area (Å²) in [6, 6.07) is 4.43. The summed E-state index contributed by atoms with van der Waals surface area (Å²) in [5.74, 6) is 0.830. The fourth-order valence-electron chi connectivity index (χ4n) is 4.24. The number of ether oxygens (including phenoxy) is 1. The molecule has 0 radical (unpaired) electrons. The molecule has 7 heteroatoms. The molecule has 2 fully saturated rings. The first-order chi connectivity index (χ1) is 13.1. The van der Waals surface area contributed by atoms with Crippen LogP contribution in [-0.2, 0) is 0 Å². The first kappa shape index (κ1) is 19.6. The second-order valence-electron chi connectivity index (χ2n) is 7.59. The van der Waals surface area contributed by atoms with Gasteiger partial charge in [0.1, 0.15) is 0 Å². The molecule has 1 aliphatic carbocycles. The lowest BCUT2D eigenvalue weighted by Gasteiger charge is -2.28. The second-order valence-corrected chi connectivity index (χ2v) is 7.59. The molecule has 1 saturated heterocycles. The predicted molar refractivity (Wildman–Crippen MR) is 103 cm³/mol. The normalized spacial score (nSPS) is 19.5. The average molecular weight is 375 g/mol. The van der Waals surface area contributed by atoms with Crippen molar-refractivity contribution in [2.75, 3.05) is 39.8 Å². The molecule has 2 aliphatic rings. The zero-order valence-electron chi connectivity index (χ0n) is 16.1. The number of nitrogens with zero attached hydrogens (tertiary/aromatic N) is 3. The van der Waals surface area contributed by atoms with Crippen LogP contribution in [0.2, 0.25) is 0 Å². The molecule has 0 aromatic heterocycles. The van der Waals surface area contributed by atoms with Crippen LogP contribution >= 0.6 is 0 Å². The van der Waals surface area contributed by atoms with Gasteiger partial charge in [0.2, 0.25) is 0 Å². The number of methoxy groups -OCH3 is 1. The number of nitro benzene ring substituents is 1. The highest BCUT2D eigenvalue weighted by atomic mass is 16.6. The van der Waals surface area contributed by atoms with E-state index in [1.165, 1.54) is 51.3 Å². The third kappa shape index (κ3) is 4.97. The quantitative estimate of drug-likeness (QED) is 0.583. The Hall–Kier alpha value is -2.15. The van der Waals surface area contributed by atoms with Crippen LogP contribution in [0.1, 0.15) is 48.9 Å². The molecule has 1 aliphatic heterocycles. The molecule has 27 heavy (non-hydrogen) atoms. The van der Waals surface area contributed by atoms with E-state index in [2.05, 4.69) is 4.90 Å². The number of carbonyl (C=O) groups is 1. The van der Waals surface area contributed by atoms with Gasteiger partial charge in [0.15, 0.2) is 5.75 Å². The molecule has 0 unspecified atom stereocenters. The van der Waals surface area contributed by atoms with Gasteiger partial charge in [-0.25, -0.2) is 0 Å². The molecular weight excluding hydrogens is 346 g/mol. The Bertz CT molecular complexity index is 673. The molecular formula is C20H29N3O4. The molecule has 1 aromatic rings. The minimum Gasteiger partial charge on any atom is -0.490 e. The third-order valence-electron chi connectivity index (χ3n) is 5.74. The molecule has 1 aromatic carbocycles. The van der Waals surface area contributed by atoms with Crippen LogP contribution in [0.5, 0.6) is 5.75 Å². The average Bonchev–Trinajstić information content (AvgIpc) is 2.93. The third-order valence-corrected chi connectivity index (χ3v) is 5.74. The van der Waals surface area contributed by atoms with Gasteiger partial charge in [-0.05, 0) is 43.9 Å².